The van der Waals surface area contributed by atoms with Crippen LogP contribution < -0.4 is 0 Å². The molecular weight excluding hydrogens is 262 g/mol. The summed E-state index contributed by atoms with van der Waals surface area (Å²) in [6.07, 6.45) is 3.66. The normalized spacial score (nSPS) is 14.6. The topological polar surface area (TPSA) is 59.2 Å². The van der Waals surface area contributed by atoms with Crippen LogP contribution in [0.5, 0.6) is 0 Å². The van der Waals surface area contributed by atoms with Gasteiger partial charge in [-0.3, -0.25) is 4.79 Å². The van der Waals surface area contributed by atoms with Crippen molar-refractivity contribution in [3.63, 3.8) is 0 Å². The lowest BCUT2D eigenvalue weighted by Crippen LogP contribution is -2.26. The van der Waals surface area contributed by atoms with Crippen molar-refractivity contribution in [3.05, 3.63) is 33.6 Å². The summed E-state index contributed by atoms with van der Waals surface area (Å²) >= 11 is 1.59. The number of thiazole rings is 1. The summed E-state index contributed by atoms with van der Waals surface area (Å²) < 4.78 is 4.96. The van der Waals surface area contributed by atoms with Gasteiger partial charge in [0.1, 0.15) is 11.8 Å². The van der Waals surface area contributed by atoms with Crippen LogP contribution in [0.4, 0.5) is 0 Å². The lowest BCUT2D eigenvalue weighted by Gasteiger charge is -2.15. The Kier molecular flexibility index (Phi) is 3.10. The van der Waals surface area contributed by atoms with Crippen LogP contribution in [-0.4, -0.2) is 28.0 Å². The second-order valence-electron chi connectivity index (χ2n) is 4.91. The smallest absolute Gasteiger partial charge is 0.259 e. The van der Waals surface area contributed by atoms with Gasteiger partial charge in [-0.2, -0.15) is 0 Å². The van der Waals surface area contributed by atoms with Gasteiger partial charge in [0.2, 0.25) is 0 Å². The summed E-state index contributed by atoms with van der Waals surface area (Å²) in [5, 5.41) is 6.95. The Labute approximate surface area is 115 Å². The molecule has 0 aliphatic heterocycles. The van der Waals surface area contributed by atoms with Crippen LogP contribution in [0.1, 0.15) is 45.5 Å². The van der Waals surface area contributed by atoms with E-state index in [0.29, 0.717) is 18.0 Å². The van der Waals surface area contributed by atoms with E-state index in [-0.39, 0.29) is 5.91 Å². The highest BCUT2D eigenvalue weighted by atomic mass is 32.1. The lowest BCUT2D eigenvalue weighted by atomic mass is 10.1. The molecule has 1 amide bonds. The minimum Gasteiger partial charge on any atom is -0.364 e. The first-order valence-corrected chi connectivity index (χ1v) is 7.14. The summed E-state index contributed by atoms with van der Waals surface area (Å²) in [5.74, 6) is 0.362. The Morgan fingerprint density at radius 2 is 2.37 bits per heavy atom. The molecule has 19 heavy (non-hydrogen) atoms. The fourth-order valence-electron chi connectivity index (χ4n) is 2.06. The van der Waals surface area contributed by atoms with Gasteiger partial charge in [-0.15, -0.1) is 11.3 Å². The van der Waals surface area contributed by atoms with E-state index >= 15 is 0 Å². The zero-order valence-corrected chi connectivity index (χ0v) is 11.7. The Bertz CT molecular complexity index is 601. The van der Waals surface area contributed by atoms with E-state index < -0.39 is 0 Å². The second kappa shape index (κ2) is 4.77. The van der Waals surface area contributed by atoms with Crippen LogP contribution in [0, 0.1) is 6.92 Å². The Morgan fingerprint density at radius 1 is 1.58 bits per heavy atom. The highest BCUT2D eigenvalue weighted by molar-refractivity contribution is 7.09. The number of aryl methyl sites for hydroxylation is 1. The fourth-order valence-corrected chi connectivity index (χ4v) is 2.66. The molecule has 0 unspecified atom stereocenters. The highest BCUT2D eigenvalue weighted by Crippen LogP contribution is 2.41. The van der Waals surface area contributed by atoms with Gasteiger partial charge < -0.3 is 9.42 Å². The van der Waals surface area contributed by atoms with Crippen molar-refractivity contribution in [1.82, 2.24) is 15.0 Å². The van der Waals surface area contributed by atoms with E-state index in [0.717, 1.165) is 29.2 Å². The largest absolute Gasteiger partial charge is 0.364 e. The van der Waals surface area contributed by atoms with Crippen molar-refractivity contribution >= 4 is 17.2 Å². The van der Waals surface area contributed by atoms with Crippen LogP contribution in [0.15, 0.2) is 16.2 Å². The van der Waals surface area contributed by atoms with Gasteiger partial charge in [-0.05, 0) is 19.8 Å². The van der Waals surface area contributed by atoms with Crippen LogP contribution in [0.25, 0.3) is 0 Å². The minimum atomic E-state index is -0.0474. The third-order valence-corrected chi connectivity index (χ3v) is 4.03. The second-order valence-corrected chi connectivity index (χ2v) is 5.97. The fraction of sp³-hybridized carbons (Fsp3) is 0.462. The van der Waals surface area contributed by atoms with Gasteiger partial charge in [-0.25, -0.2) is 4.98 Å². The van der Waals surface area contributed by atoms with Crippen LogP contribution >= 0.6 is 11.3 Å². The molecule has 0 atom stereocenters. The maximum atomic E-state index is 12.4. The zero-order chi connectivity index (χ0) is 13.4. The zero-order valence-electron chi connectivity index (χ0n) is 10.9. The standard InChI is InChI=1S/C13H15N3O2S/c1-8-14-10(7-19-8)5-16(2)13(17)11-6-18-15-12(11)9-3-4-9/h6-7,9H,3-5H2,1-2H3. The minimum absolute atomic E-state index is 0.0474. The molecule has 0 N–H and O–H groups in total. The van der Waals surface area contributed by atoms with Crippen molar-refractivity contribution in [2.75, 3.05) is 7.05 Å². The van der Waals surface area contributed by atoms with Crippen molar-refractivity contribution in [1.29, 1.82) is 0 Å². The van der Waals surface area contributed by atoms with Gasteiger partial charge in [0.15, 0.2) is 0 Å². The van der Waals surface area contributed by atoms with Crippen molar-refractivity contribution in [2.45, 2.75) is 32.2 Å². The number of carbonyl (C=O) groups is 1. The highest BCUT2D eigenvalue weighted by Gasteiger charge is 2.32. The third-order valence-electron chi connectivity index (χ3n) is 3.20. The molecule has 0 bridgehead atoms. The first kappa shape index (κ1) is 12.3. The van der Waals surface area contributed by atoms with Gasteiger partial charge in [0, 0.05) is 18.3 Å². The Hall–Kier alpha value is -1.69. The molecule has 2 aromatic heterocycles. The van der Waals surface area contributed by atoms with Gasteiger partial charge in [-0.1, -0.05) is 5.16 Å². The Balaban J connectivity index is 1.73. The van der Waals surface area contributed by atoms with Crippen molar-refractivity contribution < 1.29 is 9.32 Å². The lowest BCUT2D eigenvalue weighted by molar-refractivity contribution is 0.0782. The van der Waals surface area contributed by atoms with Gasteiger partial charge in [0.05, 0.1) is 22.9 Å². The van der Waals surface area contributed by atoms with Crippen molar-refractivity contribution in [3.8, 4) is 0 Å². The third kappa shape index (κ3) is 2.53. The number of rotatable bonds is 4. The van der Waals surface area contributed by atoms with Crippen molar-refractivity contribution in [2.24, 2.45) is 0 Å². The number of hydrogen-bond donors (Lipinski definition) is 0. The first-order chi connectivity index (χ1) is 9.15. The molecule has 2 heterocycles. The molecule has 1 aliphatic rings. The summed E-state index contributed by atoms with van der Waals surface area (Å²) in [4.78, 5) is 18.4. The molecule has 0 saturated heterocycles. The average molecular weight is 277 g/mol. The molecule has 1 aliphatic carbocycles. The molecular formula is C13H15N3O2S. The van der Waals surface area contributed by atoms with E-state index in [4.69, 9.17) is 4.52 Å². The predicted molar refractivity (Wildman–Crippen MR) is 71.1 cm³/mol. The van der Waals surface area contributed by atoms with E-state index in [9.17, 15) is 4.79 Å². The summed E-state index contributed by atoms with van der Waals surface area (Å²) in [7, 11) is 1.78. The molecule has 3 rings (SSSR count). The van der Waals surface area contributed by atoms with E-state index in [1.54, 1.807) is 23.3 Å². The molecule has 0 radical (unpaired) electrons. The number of hydrogen-bond acceptors (Lipinski definition) is 5. The van der Waals surface area contributed by atoms with E-state index in [1.165, 1.54) is 6.26 Å². The number of amides is 1. The molecule has 1 saturated carbocycles. The molecule has 5 nitrogen and oxygen atoms in total. The maximum absolute atomic E-state index is 12.4. The van der Waals surface area contributed by atoms with E-state index in [1.807, 2.05) is 12.3 Å². The van der Waals surface area contributed by atoms with E-state index in [2.05, 4.69) is 10.1 Å². The molecule has 0 aromatic carbocycles. The summed E-state index contributed by atoms with van der Waals surface area (Å²) in [5.41, 5.74) is 2.33. The summed E-state index contributed by atoms with van der Waals surface area (Å²) in [6.45, 7) is 2.47. The van der Waals surface area contributed by atoms with Crippen LogP contribution in [-0.2, 0) is 6.54 Å². The average Bonchev–Trinajstić information content (AvgIpc) is 2.97. The summed E-state index contributed by atoms with van der Waals surface area (Å²) in [6, 6.07) is 0. The Morgan fingerprint density at radius 3 is 3.00 bits per heavy atom. The van der Waals surface area contributed by atoms with Crippen LogP contribution in [0.2, 0.25) is 0 Å². The molecule has 2 aromatic rings. The maximum Gasteiger partial charge on any atom is 0.259 e. The molecule has 6 heteroatoms. The quantitative estimate of drug-likeness (QED) is 0.862. The number of aromatic nitrogens is 2. The number of nitrogens with zero attached hydrogens (tertiary/aromatic N) is 3. The monoisotopic (exact) mass is 277 g/mol. The van der Waals surface area contributed by atoms with Gasteiger partial charge >= 0.3 is 0 Å². The molecule has 100 valence electrons. The first-order valence-electron chi connectivity index (χ1n) is 6.26. The number of carbonyl (C=O) groups excluding carboxylic acids is 1. The predicted octanol–water partition coefficient (Wildman–Crippen LogP) is 2.59. The van der Waals surface area contributed by atoms with Gasteiger partial charge in [0.25, 0.3) is 5.91 Å². The molecule has 1 fully saturated rings. The van der Waals surface area contributed by atoms with Crippen LogP contribution in [0.3, 0.4) is 0 Å². The molecule has 0 spiro atoms. The SMILES string of the molecule is Cc1nc(CN(C)C(=O)c2conc2C2CC2)cs1.